The van der Waals surface area contributed by atoms with Gasteiger partial charge < -0.3 is 5.11 Å². The molecule has 0 unspecified atom stereocenters. The fraction of sp³-hybridized carbons (Fsp3) is 0.100. The third kappa shape index (κ3) is 2.12. The molecule has 6 heteroatoms. The van der Waals surface area contributed by atoms with E-state index >= 15 is 0 Å². The van der Waals surface area contributed by atoms with Gasteiger partial charge in [-0.15, -0.1) is 0 Å². The zero-order chi connectivity index (χ0) is 11.5. The number of carbonyl (C=O) groups is 1. The van der Waals surface area contributed by atoms with E-state index in [4.69, 9.17) is 16.7 Å². The molecule has 0 aliphatic carbocycles. The monoisotopic (exact) mass is 235 g/mol. The molecule has 2 rings (SSSR count). The van der Waals surface area contributed by atoms with E-state index in [0.717, 1.165) is 0 Å². The van der Waals surface area contributed by atoms with E-state index in [-0.39, 0.29) is 6.42 Å². The van der Waals surface area contributed by atoms with Gasteiger partial charge in [-0.2, -0.15) is 5.10 Å². The lowest BCUT2D eigenvalue weighted by atomic mass is 10.3. The van der Waals surface area contributed by atoms with E-state index in [9.17, 15) is 4.79 Å². The zero-order valence-corrected chi connectivity index (χ0v) is 8.77. The fourth-order valence-electron chi connectivity index (χ4n) is 1.15. The van der Waals surface area contributed by atoms with Crippen LogP contribution in [-0.2, 0) is 4.79 Å². The molecule has 16 heavy (non-hydrogen) atoms. The van der Waals surface area contributed by atoms with Crippen molar-refractivity contribution in [1.29, 1.82) is 0 Å². The van der Waals surface area contributed by atoms with Crippen LogP contribution in [0, 0.1) is 11.8 Å². The van der Waals surface area contributed by atoms with Gasteiger partial charge in [0.15, 0.2) is 5.65 Å². The van der Waals surface area contributed by atoms with Crippen molar-refractivity contribution in [3.05, 3.63) is 29.2 Å². The summed E-state index contributed by atoms with van der Waals surface area (Å²) in [7, 11) is 0. The Morgan fingerprint density at radius 3 is 3.19 bits per heavy atom. The molecule has 0 aliphatic rings. The quantitative estimate of drug-likeness (QED) is 0.596. The second kappa shape index (κ2) is 4.21. The largest absolute Gasteiger partial charge is 0.481 e. The molecule has 0 radical (unpaired) electrons. The van der Waals surface area contributed by atoms with Crippen molar-refractivity contribution in [2.75, 3.05) is 0 Å². The summed E-state index contributed by atoms with van der Waals surface area (Å²) < 4.78 is 1.52. The molecule has 0 saturated carbocycles. The molecule has 2 heterocycles. The van der Waals surface area contributed by atoms with Gasteiger partial charge >= 0.3 is 5.97 Å². The van der Waals surface area contributed by atoms with E-state index in [1.807, 2.05) is 0 Å². The van der Waals surface area contributed by atoms with E-state index in [2.05, 4.69) is 21.9 Å². The molecule has 0 spiro atoms. The lowest BCUT2D eigenvalue weighted by molar-refractivity contribution is -0.135. The molecule has 2 aromatic rings. The average Bonchev–Trinajstić information content (AvgIpc) is 2.60. The second-order valence-corrected chi connectivity index (χ2v) is 3.34. The molecule has 0 aliphatic heterocycles. The molecule has 2 aromatic heterocycles. The number of hydrogen-bond acceptors (Lipinski definition) is 3. The van der Waals surface area contributed by atoms with Gasteiger partial charge in [0.05, 0.1) is 11.8 Å². The van der Waals surface area contributed by atoms with Gasteiger partial charge in [-0.1, -0.05) is 23.4 Å². The van der Waals surface area contributed by atoms with Crippen LogP contribution in [0.25, 0.3) is 5.65 Å². The topological polar surface area (TPSA) is 67.5 Å². The Morgan fingerprint density at radius 2 is 2.44 bits per heavy atom. The van der Waals surface area contributed by atoms with Crippen LogP contribution in [0.3, 0.4) is 0 Å². The number of nitrogens with zero attached hydrogens (tertiary/aromatic N) is 3. The Bertz CT molecular complexity index is 609. The van der Waals surface area contributed by atoms with Crippen LogP contribution in [0.5, 0.6) is 0 Å². The van der Waals surface area contributed by atoms with Gasteiger partial charge in [-0.25, -0.2) is 9.50 Å². The predicted octanol–water partition coefficient (Wildman–Crippen LogP) is 1.21. The minimum Gasteiger partial charge on any atom is -0.481 e. The molecule has 80 valence electrons. The highest BCUT2D eigenvalue weighted by Crippen LogP contribution is 2.10. The SMILES string of the molecule is O=C(O)CC#Cc1cnn2ccc(Cl)nc12. The predicted molar refractivity (Wildman–Crippen MR) is 57.1 cm³/mol. The van der Waals surface area contributed by atoms with Crippen LogP contribution in [-0.4, -0.2) is 25.7 Å². The van der Waals surface area contributed by atoms with E-state index in [1.165, 1.54) is 10.7 Å². The molecule has 0 saturated heterocycles. The number of halogens is 1. The van der Waals surface area contributed by atoms with Crippen molar-refractivity contribution in [2.24, 2.45) is 0 Å². The highest BCUT2D eigenvalue weighted by Gasteiger charge is 2.03. The number of carboxylic acid groups (broad SMARTS) is 1. The number of aliphatic carboxylic acids is 1. The van der Waals surface area contributed by atoms with Crippen molar-refractivity contribution < 1.29 is 9.90 Å². The maximum atomic E-state index is 10.3. The summed E-state index contributed by atoms with van der Waals surface area (Å²) in [4.78, 5) is 14.3. The van der Waals surface area contributed by atoms with Gasteiger partial charge in [0.2, 0.25) is 0 Å². The first-order chi connectivity index (χ1) is 7.66. The molecule has 0 aromatic carbocycles. The smallest absolute Gasteiger partial charge is 0.315 e. The number of rotatable bonds is 1. The first-order valence-corrected chi connectivity index (χ1v) is 4.75. The maximum Gasteiger partial charge on any atom is 0.315 e. The summed E-state index contributed by atoms with van der Waals surface area (Å²) in [6.45, 7) is 0. The van der Waals surface area contributed by atoms with Crippen LogP contribution < -0.4 is 0 Å². The van der Waals surface area contributed by atoms with Crippen molar-refractivity contribution in [1.82, 2.24) is 14.6 Å². The lowest BCUT2D eigenvalue weighted by Crippen LogP contribution is -1.91. The van der Waals surface area contributed by atoms with E-state index in [0.29, 0.717) is 16.4 Å². The Kier molecular flexibility index (Phi) is 2.75. The van der Waals surface area contributed by atoms with Gasteiger partial charge in [0.25, 0.3) is 0 Å². The van der Waals surface area contributed by atoms with E-state index < -0.39 is 5.97 Å². The highest BCUT2D eigenvalue weighted by atomic mass is 35.5. The molecule has 0 amide bonds. The summed E-state index contributed by atoms with van der Waals surface area (Å²) in [5, 5.41) is 12.8. The normalized spacial score (nSPS) is 9.81. The fourth-order valence-corrected chi connectivity index (χ4v) is 1.29. The molecular formula is C10H6ClN3O2. The first-order valence-electron chi connectivity index (χ1n) is 4.37. The Hall–Kier alpha value is -2.06. The number of fused-ring (bicyclic) bond motifs is 1. The Morgan fingerprint density at radius 1 is 1.62 bits per heavy atom. The van der Waals surface area contributed by atoms with Crippen LogP contribution in [0.15, 0.2) is 18.5 Å². The van der Waals surface area contributed by atoms with Crippen LogP contribution in [0.2, 0.25) is 5.15 Å². The molecule has 0 fully saturated rings. The van der Waals surface area contributed by atoms with E-state index in [1.54, 1.807) is 12.3 Å². The second-order valence-electron chi connectivity index (χ2n) is 2.95. The Balaban J connectivity index is 2.40. The number of aromatic nitrogens is 3. The summed E-state index contributed by atoms with van der Waals surface area (Å²) in [5.41, 5.74) is 1.08. The van der Waals surface area contributed by atoms with Gasteiger partial charge in [0.1, 0.15) is 11.6 Å². The lowest BCUT2D eigenvalue weighted by Gasteiger charge is -1.92. The molecular weight excluding hydrogens is 230 g/mol. The summed E-state index contributed by atoms with van der Waals surface area (Å²) in [6, 6.07) is 1.61. The van der Waals surface area contributed by atoms with Gasteiger partial charge in [-0.05, 0) is 6.07 Å². The van der Waals surface area contributed by atoms with Crippen LogP contribution in [0.1, 0.15) is 12.0 Å². The van der Waals surface area contributed by atoms with Crippen molar-refractivity contribution >= 4 is 23.2 Å². The minimum atomic E-state index is -0.963. The number of hydrogen-bond donors (Lipinski definition) is 1. The summed E-state index contributed by atoms with van der Waals surface area (Å²) in [6.07, 6.45) is 2.97. The first kappa shape index (κ1) is 10.5. The average molecular weight is 236 g/mol. The number of carboxylic acids is 1. The van der Waals surface area contributed by atoms with Crippen molar-refractivity contribution in [2.45, 2.75) is 6.42 Å². The van der Waals surface area contributed by atoms with Crippen LogP contribution in [0.4, 0.5) is 0 Å². The minimum absolute atomic E-state index is 0.210. The molecule has 1 N–H and O–H groups in total. The molecule has 0 atom stereocenters. The van der Waals surface area contributed by atoms with Gasteiger partial charge in [0, 0.05) is 6.20 Å². The molecule has 0 bridgehead atoms. The molecule has 5 nitrogen and oxygen atoms in total. The summed E-state index contributed by atoms with van der Waals surface area (Å²) in [5.74, 6) is 4.24. The standard InChI is InChI=1S/C10H6ClN3O2/c11-8-4-5-14-10(13-8)7(6-12-14)2-1-3-9(15)16/h4-6H,3H2,(H,15,16). The van der Waals surface area contributed by atoms with Crippen molar-refractivity contribution in [3.63, 3.8) is 0 Å². The highest BCUT2D eigenvalue weighted by molar-refractivity contribution is 6.29. The summed E-state index contributed by atoms with van der Waals surface area (Å²) >= 11 is 5.74. The third-order valence-electron chi connectivity index (χ3n) is 1.80. The van der Waals surface area contributed by atoms with Crippen molar-refractivity contribution in [3.8, 4) is 11.8 Å². The Labute approximate surface area is 95.7 Å². The van der Waals surface area contributed by atoms with Crippen LogP contribution >= 0.6 is 11.6 Å². The van der Waals surface area contributed by atoms with Gasteiger partial charge in [-0.3, -0.25) is 4.79 Å². The zero-order valence-electron chi connectivity index (χ0n) is 8.01. The maximum absolute atomic E-state index is 10.3. The third-order valence-corrected chi connectivity index (χ3v) is 2.01.